The molecule has 1 fully saturated rings. The Balaban J connectivity index is 1.48. The normalized spacial score (nSPS) is 21.2. The van der Waals surface area contributed by atoms with Crippen molar-refractivity contribution >= 4 is 29.3 Å². The highest BCUT2D eigenvalue weighted by Crippen LogP contribution is 2.39. The first-order valence-corrected chi connectivity index (χ1v) is 13.7. The number of nitrogens with zero attached hydrogens (tertiary/aromatic N) is 2. The van der Waals surface area contributed by atoms with Crippen LogP contribution in [-0.4, -0.2) is 41.4 Å². The van der Waals surface area contributed by atoms with E-state index in [-0.39, 0.29) is 35.8 Å². The van der Waals surface area contributed by atoms with Crippen molar-refractivity contribution in [1.29, 1.82) is 0 Å². The lowest BCUT2D eigenvalue weighted by Gasteiger charge is -2.38. The van der Waals surface area contributed by atoms with Crippen LogP contribution in [0, 0.1) is 17.6 Å². The monoisotopic (exact) mass is 562 g/mol. The number of nitrogens with one attached hydrogen (secondary N) is 2. The summed E-state index contributed by atoms with van der Waals surface area (Å²) < 4.78 is 33.6. The average Bonchev–Trinajstić information content (AvgIpc) is 2.95. The Bertz CT molecular complexity index is 1460. The van der Waals surface area contributed by atoms with Gasteiger partial charge in [-0.2, -0.15) is 0 Å². The molecule has 1 aromatic heterocycles. The maximum Gasteiger partial charge on any atom is 0.411 e. The van der Waals surface area contributed by atoms with E-state index in [4.69, 9.17) is 0 Å². The SMILES string of the molecule is COC(=O)Nc1ccc2c(c1)NC(=O)C(C)CCCC(N1CCC(c3c(F)cccc3F)CC1=O)c1cc-2ccn1. The Morgan fingerprint density at radius 3 is 2.59 bits per heavy atom. The van der Waals surface area contributed by atoms with Crippen molar-refractivity contribution in [2.24, 2.45) is 5.92 Å². The van der Waals surface area contributed by atoms with Crippen LogP contribution in [0.1, 0.15) is 62.2 Å². The highest BCUT2D eigenvalue weighted by molar-refractivity contribution is 5.98. The van der Waals surface area contributed by atoms with Gasteiger partial charge in [-0.3, -0.25) is 19.9 Å². The number of rotatable bonds is 3. The zero-order chi connectivity index (χ0) is 29.1. The van der Waals surface area contributed by atoms with Crippen molar-refractivity contribution in [3.05, 3.63) is 77.6 Å². The highest BCUT2D eigenvalue weighted by atomic mass is 19.1. The molecule has 3 unspecified atom stereocenters. The Kier molecular flexibility index (Phi) is 8.28. The Hall–Kier alpha value is -4.34. The van der Waals surface area contributed by atoms with Gasteiger partial charge in [-0.15, -0.1) is 0 Å². The molecule has 0 aliphatic carbocycles. The van der Waals surface area contributed by atoms with Crippen LogP contribution >= 0.6 is 0 Å². The van der Waals surface area contributed by atoms with E-state index in [1.807, 2.05) is 19.1 Å². The number of amides is 3. The van der Waals surface area contributed by atoms with Gasteiger partial charge < -0.3 is 15.0 Å². The molecular weight excluding hydrogens is 530 g/mol. The van der Waals surface area contributed by atoms with Gasteiger partial charge in [0.2, 0.25) is 11.8 Å². The number of halogens is 2. The molecule has 10 heteroatoms. The largest absolute Gasteiger partial charge is 0.453 e. The number of hydrogen-bond acceptors (Lipinski definition) is 5. The zero-order valence-corrected chi connectivity index (χ0v) is 23.0. The van der Waals surface area contributed by atoms with E-state index in [1.165, 1.54) is 25.3 Å². The van der Waals surface area contributed by atoms with Crippen LogP contribution in [0.25, 0.3) is 11.1 Å². The molecule has 0 radical (unpaired) electrons. The van der Waals surface area contributed by atoms with Crippen molar-refractivity contribution in [2.75, 3.05) is 24.3 Å². The van der Waals surface area contributed by atoms with Crippen molar-refractivity contribution in [3.8, 4) is 11.1 Å². The molecule has 2 aliphatic heterocycles. The van der Waals surface area contributed by atoms with Crippen LogP contribution in [0.2, 0.25) is 0 Å². The maximum absolute atomic E-state index is 14.5. The summed E-state index contributed by atoms with van der Waals surface area (Å²) in [4.78, 5) is 44.8. The highest BCUT2D eigenvalue weighted by Gasteiger charge is 2.35. The number of aromatic nitrogens is 1. The fourth-order valence-electron chi connectivity index (χ4n) is 5.74. The van der Waals surface area contributed by atoms with E-state index >= 15 is 0 Å². The molecular formula is C31H32F2N4O4. The van der Waals surface area contributed by atoms with Crippen LogP contribution in [-0.2, 0) is 14.3 Å². The summed E-state index contributed by atoms with van der Waals surface area (Å²) in [5.41, 5.74) is 3.16. The lowest BCUT2D eigenvalue weighted by atomic mass is 9.86. The minimum Gasteiger partial charge on any atom is -0.453 e. The molecule has 5 rings (SSSR count). The summed E-state index contributed by atoms with van der Waals surface area (Å²) in [7, 11) is 1.27. The second-order valence-corrected chi connectivity index (χ2v) is 10.6. The Morgan fingerprint density at radius 2 is 1.85 bits per heavy atom. The molecule has 41 heavy (non-hydrogen) atoms. The number of likely N-dealkylation sites (tertiary alicyclic amines) is 1. The average molecular weight is 563 g/mol. The fraction of sp³-hybridized carbons (Fsp3) is 0.355. The second-order valence-electron chi connectivity index (χ2n) is 10.6. The summed E-state index contributed by atoms with van der Waals surface area (Å²) in [6.07, 6.45) is 3.32. The van der Waals surface area contributed by atoms with Gasteiger partial charge in [0.25, 0.3) is 0 Å². The van der Waals surface area contributed by atoms with Gasteiger partial charge >= 0.3 is 6.09 Å². The number of methoxy groups -OCH3 is 1. The molecule has 3 aromatic rings. The van der Waals surface area contributed by atoms with Crippen LogP contribution in [0.4, 0.5) is 25.0 Å². The van der Waals surface area contributed by atoms with Gasteiger partial charge in [-0.1, -0.05) is 25.5 Å². The number of fused-ring (bicyclic) bond motifs is 4. The lowest BCUT2D eigenvalue weighted by Crippen LogP contribution is -2.41. The quantitative estimate of drug-likeness (QED) is 0.384. The van der Waals surface area contributed by atoms with Crippen LogP contribution in [0.15, 0.2) is 54.7 Å². The van der Waals surface area contributed by atoms with Gasteiger partial charge in [-0.05, 0) is 61.2 Å². The molecule has 3 heterocycles. The zero-order valence-electron chi connectivity index (χ0n) is 23.0. The third kappa shape index (κ3) is 6.06. The summed E-state index contributed by atoms with van der Waals surface area (Å²) >= 11 is 0. The van der Waals surface area contributed by atoms with Crippen molar-refractivity contribution in [3.63, 3.8) is 0 Å². The summed E-state index contributed by atoms with van der Waals surface area (Å²) in [6.45, 7) is 2.19. The van der Waals surface area contributed by atoms with E-state index in [1.54, 1.807) is 29.3 Å². The molecule has 2 bridgehead atoms. The number of pyridine rings is 1. The van der Waals surface area contributed by atoms with Gasteiger partial charge in [-0.25, -0.2) is 13.6 Å². The van der Waals surface area contributed by atoms with Crippen LogP contribution in [0.5, 0.6) is 0 Å². The second kappa shape index (κ2) is 12.0. The molecule has 0 saturated carbocycles. The fourth-order valence-corrected chi connectivity index (χ4v) is 5.74. The first-order chi connectivity index (χ1) is 19.7. The summed E-state index contributed by atoms with van der Waals surface area (Å²) in [6, 6.07) is 12.3. The lowest BCUT2D eigenvalue weighted by molar-refractivity contribution is -0.137. The van der Waals surface area contributed by atoms with E-state index in [0.29, 0.717) is 49.3 Å². The molecule has 2 aliphatic rings. The molecule has 3 atom stereocenters. The molecule has 1 saturated heterocycles. The third-order valence-electron chi connectivity index (χ3n) is 7.95. The first-order valence-electron chi connectivity index (χ1n) is 13.7. The first kappa shape index (κ1) is 28.2. The third-order valence-corrected chi connectivity index (χ3v) is 7.95. The number of benzene rings is 2. The summed E-state index contributed by atoms with van der Waals surface area (Å²) in [5.74, 6) is -2.44. The van der Waals surface area contributed by atoms with Crippen molar-refractivity contribution in [2.45, 2.75) is 51.0 Å². The van der Waals surface area contributed by atoms with E-state index in [0.717, 1.165) is 11.1 Å². The van der Waals surface area contributed by atoms with Crippen LogP contribution in [0.3, 0.4) is 0 Å². The Morgan fingerprint density at radius 1 is 1.07 bits per heavy atom. The standard InChI is InChI=1S/C31H32F2N4O4/c1-18-5-3-8-27(37-14-12-20(16-28(37)38)29-23(32)6-4-7-24(29)33)26-15-19(11-13-34-26)22-10-9-21(35-31(40)41-2)17-25(22)36-30(18)39/h4,6-7,9-11,13,15,17-18,20,27H,3,5,8,12,14,16H2,1-2H3,(H,35,40)(H,36,39). The number of hydrogen-bond donors (Lipinski definition) is 2. The van der Waals surface area contributed by atoms with Gasteiger partial charge in [0.1, 0.15) is 11.6 Å². The molecule has 8 nitrogen and oxygen atoms in total. The van der Waals surface area contributed by atoms with Gasteiger partial charge in [0, 0.05) is 47.8 Å². The number of piperidine rings is 1. The molecule has 2 aromatic carbocycles. The minimum absolute atomic E-state index is 0.00561. The van der Waals surface area contributed by atoms with Gasteiger partial charge in [0.05, 0.1) is 24.5 Å². The van der Waals surface area contributed by atoms with Crippen LogP contribution < -0.4 is 10.6 Å². The molecule has 3 amide bonds. The number of anilines is 2. The predicted molar refractivity (Wildman–Crippen MR) is 150 cm³/mol. The summed E-state index contributed by atoms with van der Waals surface area (Å²) in [5, 5.41) is 5.62. The predicted octanol–water partition coefficient (Wildman–Crippen LogP) is 6.41. The molecule has 214 valence electrons. The maximum atomic E-state index is 14.5. The smallest absolute Gasteiger partial charge is 0.411 e. The van der Waals surface area contributed by atoms with E-state index < -0.39 is 23.6 Å². The number of ether oxygens (including phenoxy) is 1. The Labute approximate surface area is 237 Å². The number of carbonyl (C=O) groups excluding carboxylic acids is 3. The number of carbonyl (C=O) groups is 3. The van der Waals surface area contributed by atoms with Crippen molar-refractivity contribution < 1.29 is 27.9 Å². The van der Waals surface area contributed by atoms with Crippen molar-refractivity contribution in [1.82, 2.24) is 9.88 Å². The van der Waals surface area contributed by atoms with E-state index in [9.17, 15) is 23.2 Å². The topological polar surface area (TPSA) is 101 Å². The minimum atomic E-state index is -0.632. The molecule has 2 N–H and O–H groups in total. The van der Waals surface area contributed by atoms with E-state index in [2.05, 4.69) is 20.4 Å². The van der Waals surface area contributed by atoms with Gasteiger partial charge in [0.15, 0.2) is 0 Å². The molecule has 0 spiro atoms.